The molecule has 1 aromatic rings. The Kier molecular flexibility index (Phi) is 6.95. The van der Waals surface area contributed by atoms with Crippen molar-refractivity contribution in [3.63, 3.8) is 0 Å². The van der Waals surface area contributed by atoms with Gasteiger partial charge in [-0.1, -0.05) is 13.8 Å². The highest BCUT2D eigenvalue weighted by Crippen LogP contribution is 2.15. The lowest BCUT2D eigenvalue weighted by Crippen LogP contribution is -2.26. The van der Waals surface area contributed by atoms with Crippen LogP contribution in [0.3, 0.4) is 0 Å². The largest absolute Gasteiger partial charge is 0.383 e. The van der Waals surface area contributed by atoms with Gasteiger partial charge in [0.15, 0.2) is 0 Å². The number of aryl methyl sites for hydroxylation is 3. The van der Waals surface area contributed by atoms with E-state index in [1.807, 2.05) is 0 Å². The van der Waals surface area contributed by atoms with Crippen LogP contribution in [0.2, 0.25) is 0 Å². The van der Waals surface area contributed by atoms with E-state index < -0.39 is 0 Å². The maximum Gasteiger partial charge on any atom is 0.128 e. The highest BCUT2D eigenvalue weighted by Gasteiger charge is 2.11. The van der Waals surface area contributed by atoms with Crippen molar-refractivity contribution in [1.29, 1.82) is 0 Å². The van der Waals surface area contributed by atoms with Crippen molar-refractivity contribution in [3.8, 4) is 0 Å². The lowest BCUT2D eigenvalue weighted by molar-refractivity contribution is 0.198. The molecule has 0 amide bonds. The molecule has 19 heavy (non-hydrogen) atoms. The van der Waals surface area contributed by atoms with Gasteiger partial charge in [-0.3, -0.25) is 0 Å². The number of nitrogens with zero attached hydrogens (tertiary/aromatic N) is 2. The van der Waals surface area contributed by atoms with Crippen LogP contribution in [0.1, 0.15) is 36.6 Å². The zero-order chi connectivity index (χ0) is 14.3. The molecule has 0 bridgehead atoms. The van der Waals surface area contributed by atoms with E-state index in [9.17, 15) is 0 Å². The Bertz CT molecular complexity index is 370. The van der Waals surface area contributed by atoms with Crippen LogP contribution in [-0.4, -0.2) is 36.8 Å². The van der Waals surface area contributed by atoms with Gasteiger partial charge in [-0.25, -0.2) is 9.97 Å². The second-order valence-corrected chi connectivity index (χ2v) is 5.15. The minimum Gasteiger partial charge on any atom is -0.383 e. The van der Waals surface area contributed by atoms with Crippen LogP contribution in [0.5, 0.6) is 0 Å². The molecule has 0 aromatic carbocycles. The number of hydrogen-bond donors (Lipinski definition) is 1. The Morgan fingerprint density at radius 3 is 2.37 bits per heavy atom. The predicted molar refractivity (Wildman–Crippen MR) is 78.5 cm³/mol. The molecule has 0 saturated heterocycles. The topological polar surface area (TPSA) is 47.0 Å². The molecule has 4 nitrogen and oxygen atoms in total. The first kappa shape index (κ1) is 16.1. The van der Waals surface area contributed by atoms with E-state index in [2.05, 4.69) is 43.0 Å². The summed E-state index contributed by atoms with van der Waals surface area (Å²) in [6.07, 6.45) is 1.93. The summed E-state index contributed by atoms with van der Waals surface area (Å²) in [5, 5.41) is 3.40. The van der Waals surface area contributed by atoms with Crippen LogP contribution in [0, 0.1) is 19.8 Å². The lowest BCUT2D eigenvalue weighted by Gasteiger charge is -2.16. The van der Waals surface area contributed by atoms with Crippen LogP contribution >= 0.6 is 0 Å². The fourth-order valence-electron chi connectivity index (χ4n) is 2.21. The molecule has 1 unspecified atom stereocenters. The average Bonchev–Trinajstić information content (AvgIpc) is 2.38. The first-order valence-electron chi connectivity index (χ1n) is 7.11. The third-order valence-corrected chi connectivity index (χ3v) is 3.31. The molecule has 1 rings (SSSR count). The van der Waals surface area contributed by atoms with E-state index in [1.54, 1.807) is 7.11 Å². The van der Waals surface area contributed by atoms with Gasteiger partial charge >= 0.3 is 0 Å². The number of aromatic nitrogens is 2. The molecule has 0 fully saturated rings. The van der Waals surface area contributed by atoms with E-state index >= 15 is 0 Å². The van der Waals surface area contributed by atoms with Gasteiger partial charge in [-0.2, -0.15) is 0 Å². The SMILES string of the molecule is CCc1nc(C)c(CC(C)CNCCOC)c(C)n1. The van der Waals surface area contributed by atoms with E-state index in [4.69, 9.17) is 4.74 Å². The number of methoxy groups -OCH3 is 1. The quantitative estimate of drug-likeness (QED) is 0.731. The third-order valence-electron chi connectivity index (χ3n) is 3.31. The van der Waals surface area contributed by atoms with Gasteiger partial charge in [0.25, 0.3) is 0 Å². The van der Waals surface area contributed by atoms with E-state index in [1.165, 1.54) is 5.56 Å². The van der Waals surface area contributed by atoms with Crippen LogP contribution in [0.4, 0.5) is 0 Å². The predicted octanol–water partition coefficient (Wildman–Crippen LogP) is 2.07. The molecule has 1 N–H and O–H groups in total. The van der Waals surface area contributed by atoms with Crippen molar-refractivity contribution >= 4 is 0 Å². The summed E-state index contributed by atoms with van der Waals surface area (Å²) >= 11 is 0. The molecule has 108 valence electrons. The molecule has 1 heterocycles. The molecule has 0 aliphatic carbocycles. The van der Waals surface area contributed by atoms with Crippen LogP contribution < -0.4 is 5.32 Å². The molecule has 4 heteroatoms. The van der Waals surface area contributed by atoms with Crippen molar-refractivity contribution in [2.24, 2.45) is 5.92 Å². The molecule has 0 aliphatic rings. The summed E-state index contributed by atoms with van der Waals surface area (Å²) in [6, 6.07) is 0. The number of nitrogens with one attached hydrogen (secondary N) is 1. The minimum atomic E-state index is 0.574. The van der Waals surface area contributed by atoms with E-state index in [-0.39, 0.29) is 0 Å². The van der Waals surface area contributed by atoms with Crippen LogP contribution in [0.15, 0.2) is 0 Å². The molecule has 0 radical (unpaired) electrons. The second kappa shape index (κ2) is 8.23. The number of rotatable bonds is 8. The summed E-state index contributed by atoms with van der Waals surface area (Å²) in [5.74, 6) is 1.52. The highest BCUT2D eigenvalue weighted by atomic mass is 16.5. The summed E-state index contributed by atoms with van der Waals surface area (Å²) in [5.41, 5.74) is 3.57. The van der Waals surface area contributed by atoms with E-state index in [0.717, 1.165) is 49.8 Å². The lowest BCUT2D eigenvalue weighted by atomic mass is 9.98. The Labute approximate surface area is 117 Å². The molecular formula is C15H27N3O. The maximum atomic E-state index is 5.02. The molecule has 0 aliphatic heterocycles. The zero-order valence-electron chi connectivity index (χ0n) is 12.9. The maximum absolute atomic E-state index is 5.02. The zero-order valence-corrected chi connectivity index (χ0v) is 12.9. The van der Waals surface area contributed by atoms with Crippen molar-refractivity contribution in [3.05, 3.63) is 22.8 Å². The molecular weight excluding hydrogens is 238 g/mol. The van der Waals surface area contributed by atoms with Crippen LogP contribution in [-0.2, 0) is 17.6 Å². The second-order valence-electron chi connectivity index (χ2n) is 5.15. The first-order chi connectivity index (χ1) is 9.08. The van der Waals surface area contributed by atoms with Gasteiger partial charge in [-0.15, -0.1) is 0 Å². The van der Waals surface area contributed by atoms with Gasteiger partial charge in [-0.05, 0) is 38.3 Å². The van der Waals surface area contributed by atoms with Gasteiger partial charge in [0.05, 0.1) is 6.61 Å². The normalized spacial score (nSPS) is 12.7. The Hall–Kier alpha value is -1.00. The molecule has 1 atom stereocenters. The minimum absolute atomic E-state index is 0.574. The average molecular weight is 265 g/mol. The third kappa shape index (κ3) is 5.25. The van der Waals surface area contributed by atoms with Gasteiger partial charge < -0.3 is 10.1 Å². The Morgan fingerprint density at radius 1 is 1.21 bits per heavy atom. The molecule has 1 aromatic heterocycles. The molecule has 0 saturated carbocycles. The smallest absolute Gasteiger partial charge is 0.128 e. The summed E-state index contributed by atoms with van der Waals surface area (Å²) in [6.45, 7) is 11.2. The van der Waals surface area contributed by atoms with Crippen molar-refractivity contribution < 1.29 is 4.74 Å². The Morgan fingerprint density at radius 2 is 1.84 bits per heavy atom. The van der Waals surface area contributed by atoms with Crippen molar-refractivity contribution in [2.45, 2.75) is 40.5 Å². The monoisotopic (exact) mass is 265 g/mol. The van der Waals surface area contributed by atoms with Gasteiger partial charge in [0.2, 0.25) is 0 Å². The van der Waals surface area contributed by atoms with E-state index in [0.29, 0.717) is 5.92 Å². The number of ether oxygens (including phenoxy) is 1. The summed E-state index contributed by atoms with van der Waals surface area (Å²) in [4.78, 5) is 9.13. The first-order valence-corrected chi connectivity index (χ1v) is 7.11. The highest BCUT2D eigenvalue weighted by molar-refractivity contribution is 5.24. The van der Waals surface area contributed by atoms with Gasteiger partial charge in [0.1, 0.15) is 5.82 Å². The van der Waals surface area contributed by atoms with Crippen LogP contribution in [0.25, 0.3) is 0 Å². The van der Waals surface area contributed by atoms with Gasteiger partial charge in [0, 0.05) is 31.5 Å². The summed E-state index contributed by atoms with van der Waals surface area (Å²) < 4.78 is 5.02. The van der Waals surface area contributed by atoms with Crippen molar-refractivity contribution in [1.82, 2.24) is 15.3 Å². The summed E-state index contributed by atoms with van der Waals surface area (Å²) in [7, 11) is 1.73. The molecule has 0 spiro atoms. The Balaban J connectivity index is 2.56. The standard InChI is InChI=1S/C15H27N3O/c1-6-15-17-12(3)14(13(4)18-15)9-11(2)10-16-7-8-19-5/h11,16H,6-10H2,1-5H3. The number of hydrogen-bond acceptors (Lipinski definition) is 4. The fourth-order valence-corrected chi connectivity index (χ4v) is 2.21. The fraction of sp³-hybridized carbons (Fsp3) is 0.733. The van der Waals surface area contributed by atoms with Crippen molar-refractivity contribution in [2.75, 3.05) is 26.8 Å².